The lowest BCUT2D eigenvalue weighted by atomic mass is 10.8. The Morgan fingerprint density at radius 2 is 2.40 bits per heavy atom. The summed E-state index contributed by atoms with van der Waals surface area (Å²) in [5, 5.41) is 14.5. The van der Waals surface area contributed by atoms with E-state index in [1.807, 2.05) is 0 Å². The largest absolute Gasteiger partial charge is 0.283 e. The molecule has 0 bridgehead atoms. The van der Waals surface area contributed by atoms with Crippen molar-refractivity contribution in [1.82, 2.24) is 10.2 Å². The van der Waals surface area contributed by atoms with Gasteiger partial charge in [0.2, 0.25) is 10.0 Å². The molecule has 6 heteroatoms. The third-order valence-corrected chi connectivity index (χ3v) is 1.81. The zero-order chi connectivity index (χ0) is 7.56. The molecule has 0 N–H and O–H groups in total. The monoisotopic (exact) mass is 173 g/mol. The highest BCUT2D eigenvalue weighted by atomic mass is 35.5. The minimum Gasteiger partial charge on any atom is -0.273 e. The van der Waals surface area contributed by atoms with Crippen LogP contribution in [0.25, 0.3) is 0 Å². The molecule has 0 amide bonds. The van der Waals surface area contributed by atoms with Crippen LogP contribution < -0.4 is 0 Å². The van der Waals surface area contributed by atoms with Crippen molar-refractivity contribution in [2.45, 2.75) is 0 Å². The summed E-state index contributed by atoms with van der Waals surface area (Å²) in [6, 6.07) is 1.74. The van der Waals surface area contributed by atoms with Crippen LogP contribution in [0.3, 0.4) is 0 Å². The van der Waals surface area contributed by atoms with E-state index in [-0.39, 0.29) is 10.0 Å². The summed E-state index contributed by atoms with van der Waals surface area (Å²) in [4.78, 5) is 10.3. The van der Waals surface area contributed by atoms with Gasteiger partial charge in [-0.2, -0.15) is 5.26 Å². The lowest BCUT2D eigenvalue weighted by Crippen LogP contribution is -1.84. The molecule has 50 valence electrons. The molecule has 4 nitrogen and oxygen atoms in total. The van der Waals surface area contributed by atoms with Gasteiger partial charge in [-0.05, 0) is 11.6 Å². The molecule has 1 aromatic rings. The Morgan fingerprint density at radius 3 is 2.70 bits per heavy atom. The van der Waals surface area contributed by atoms with Crippen LogP contribution in [0.15, 0.2) is 0 Å². The minimum atomic E-state index is -0.681. The minimum absolute atomic E-state index is 0.0539. The van der Waals surface area contributed by atoms with Crippen molar-refractivity contribution in [2.24, 2.45) is 0 Å². The molecule has 1 rings (SSSR count). The van der Waals surface area contributed by atoms with Crippen molar-refractivity contribution < 1.29 is 4.79 Å². The van der Waals surface area contributed by atoms with Crippen LogP contribution in [-0.4, -0.2) is 15.4 Å². The number of aromatic nitrogens is 2. The lowest BCUT2D eigenvalue weighted by molar-refractivity contribution is 0.108. The summed E-state index contributed by atoms with van der Waals surface area (Å²) in [7, 11) is 0. The van der Waals surface area contributed by atoms with Gasteiger partial charge in [0.15, 0.2) is 0 Å². The molecule has 10 heavy (non-hydrogen) atoms. The van der Waals surface area contributed by atoms with Crippen molar-refractivity contribution >= 4 is 28.2 Å². The number of nitrogens with zero attached hydrogens (tertiary/aromatic N) is 3. The van der Waals surface area contributed by atoms with Crippen molar-refractivity contribution in [3.8, 4) is 6.07 Å². The molecule has 0 saturated heterocycles. The second kappa shape index (κ2) is 2.73. The molecule has 1 aromatic heterocycles. The number of carbonyl (C=O) groups excluding carboxylic acids is 1. The Bertz CT molecular complexity index is 302. The Hall–Kier alpha value is -0.990. The number of rotatable bonds is 1. The summed E-state index contributed by atoms with van der Waals surface area (Å²) >= 11 is 5.91. The summed E-state index contributed by atoms with van der Waals surface area (Å²) in [5.41, 5.74) is 0. The normalized spacial score (nSPS) is 8.80. The first kappa shape index (κ1) is 7.12. The maximum absolute atomic E-state index is 10.3. The van der Waals surface area contributed by atoms with Crippen LogP contribution in [0.5, 0.6) is 0 Å². The van der Waals surface area contributed by atoms with E-state index in [4.69, 9.17) is 16.9 Å². The third kappa shape index (κ3) is 1.29. The Labute approximate surface area is 65.1 Å². The molecule has 0 aliphatic heterocycles. The van der Waals surface area contributed by atoms with Crippen molar-refractivity contribution in [3.05, 3.63) is 10.0 Å². The highest BCUT2D eigenvalue weighted by Crippen LogP contribution is 2.09. The van der Waals surface area contributed by atoms with Gasteiger partial charge in [0.05, 0.1) is 0 Å². The van der Waals surface area contributed by atoms with E-state index in [0.717, 1.165) is 11.3 Å². The Kier molecular flexibility index (Phi) is 1.94. The van der Waals surface area contributed by atoms with Gasteiger partial charge in [0.1, 0.15) is 6.07 Å². The summed E-state index contributed by atoms with van der Waals surface area (Å²) in [5.74, 6) is 0. The SMILES string of the molecule is N#Cc1nnc(C(=O)Cl)s1. The smallest absolute Gasteiger partial charge is 0.273 e. The molecular formula is C4ClN3OS. The van der Waals surface area contributed by atoms with E-state index in [1.54, 1.807) is 6.07 Å². The molecule has 0 aliphatic rings. The average Bonchev–Trinajstić information content (AvgIpc) is 2.34. The predicted octanol–water partition coefficient (Wildman–Crippen LogP) is 0.789. The van der Waals surface area contributed by atoms with Gasteiger partial charge in [-0.3, -0.25) is 4.79 Å². The summed E-state index contributed by atoms with van der Waals surface area (Å²) in [6.07, 6.45) is 0. The van der Waals surface area contributed by atoms with Crippen LogP contribution in [0, 0.1) is 11.3 Å². The van der Waals surface area contributed by atoms with E-state index >= 15 is 0 Å². The lowest BCUT2D eigenvalue weighted by Gasteiger charge is -1.73. The van der Waals surface area contributed by atoms with Crippen LogP contribution in [0.2, 0.25) is 0 Å². The number of nitriles is 1. The van der Waals surface area contributed by atoms with Crippen molar-refractivity contribution in [2.75, 3.05) is 0 Å². The standard InChI is InChI=1S/C4ClN3OS/c5-3(9)4-8-7-2(1-6)10-4. The number of hydrogen-bond acceptors (Lipinski definition) is 5. The van der Waals surface area contributed by atoms with Crippen LogP contribution >= 0.6 is 22.9 Å². The second-order valence-electron chi connectivity index (χ2n) is 1.30. The number of halogens is 1. The second-order valence-corrected chi connectivity index (χ2v) is 2.62. The van der Waals surface area contributed by atoms with Gasteiger partial charge < -0.3 is 0 Å². The number of carbonyl (C=O) groups is 1. The van der Waals surface area contributed by atoms with Gasteiger partial charge in [-0.25, -0.2) is 0 Å². The van der Waals surface area contributed by atoms with Crippen LogP contribution in [-0.2, 0) is 0 Å². The van der Waals surface area contributed by atoms with E-state index < -0.39 is 5.24 Å². The fourth-order valence-corrected chi connectivity index (χ4v) is 0.974. The molecule has 0 spiro atoms. The van der Waals surface area contributed by atoms with E-state index in [9.17, 15) is 4.79 Å². The molecule has 0 fully saturated rings. The zero-order valence-corrected chi connectivity index (χ0v) is 6.11. The highest BCUT2D eigenvalue weighted by molar-refractivity contribution is 7.15. The van der Waals surface area contributed by atoms with E-state index in [0.29, 0.717) is 0 Å². The molecule has 0 saturated carbocycles. The first-order valence-electron chi connectivity index (χ1n) is 2.17. The average molecular weight is 174 g/mol. The molecular weight excluding hydrogens is 174 g/mol. The van der Waals surface area contributed by atoms with E-state index in [1.165, 1.54) is 0 Å². The third-order valence-electron chi connectivity index (χ3n) is 0.689. The highest BCUT2D eigenvalue weighted by Gasteiger charge is 2.08. The molecule has 0 aliphatic carbocycles. The Morgan fingerprint density at radius 1 is 1.70 bits per heavy atom. The van der Waals surface area contributed by atoms with Gasteiger partial charge in [0.25, 0.3) is 5.24 Å². The number of hydrogen-bond donors (Lipinski definition) is 0. The van der Waals surface area contributed by atoms with E-state index in [2.05, 4.69) is 10.2 Å². The summed E-state index contributed by atoms with van der Waals surface area (Å²) in [6.45, 7) is 0. The predicted molar refractivity (Wildman–Crippen MR) is 34.8 cm³/mol. The summed E-state index contributed by atoms with van der Waals surface area (Å²) < 4.78 is 0. The first-order chi connectivity index (χ1) is 4.74. The first-order valence-corrected chi connectivity index (χ1v) is 3.37. The van der Waals surface area contributed by atoms with Crippen LogP contribution in [0.1, 0.15) is 14.8 Å². The topological polar surface area (TPSA) is 66.6 Å². The molecule has 0 radical (unpaired) electrons. The molecule has 1 heterocycles. The maximum atomic E-state index is 10.3. The van der Waals surface area contributed by atoms with Gasteiger partial charge in [0, 0.05) is 0 Å². The fraction of sp³-hybridized carbons (Fsp3) is 0. The Balaban J connectivity index is 3.02. The maximum Gasteiger partial charge on any atom is 0.283 e. The van der Waals surface area contributed by atoms with Gasteiger partial charge in [-0.15, -0.1) is 10.2 Å². The van der Waals surface area contributed by atoms with Gasteiger partial charge >= 0.3 is 0 Å². The fourth-order valence-electron chi connectivity index (χ4n) is 0.348. The quantitative estimate of drug-likeness (QED) is 0.589. The molecule has 0 aromatic carbocycles. The molecule has 0 unspecified atom stereocenters. The zero-order valence-electron chi connectivity index (χ0n) is 4.54. The van der Waals surface area contributed by atoms with Gasteiger partial charge in [-0.1, -0.05) is 11.3 Å². The van der Waals surface area contributed by atoms with Crippen LogP contribution in [0.4, 0.5) is 0 Å². The van der Waals surface area contributed by atoms with Crippen molar-refractivity contribution in [3.63, 3.8) is 0 Å². The molecule has 0 atom stereocenters. The van der Waals surface area contributed by atoms with Crippen molar-refractivity contribution in [1.29, 1.82) is 5.26 Å².